The van der Waals surface area contributed by atoms with Crippen molar-refractivity contribution >= 4 is 17.6 Å². The molecule has 0 spiro atoms. The Morgan fingerprint density at radius 3 is 2.36 bits per heavy atom. The number of anilines is 1. The summed E-state index contributed by atoms with van der Waals surface area (Å²) in [6.07, 6.45) is 3.41. The van der Waals surface area contributed by atoms with Crippen molar-refractivity contribution < 1.29 is 28.5 Å². The molecular formula is C20H20N2O6. The maximum absolute atomic E-state index is 12.3. The third kappa shape index (κ3) is 4.29. The lowest BCUT2D eigenvalue weighted by atomic mass is 10.1. The normalized spacial score (nSPS) is 13.9. The first-order valence-corrected chi connectivity index (χ1v) is 8.51. The first-order valence-electron chi connectivity index (χ1n) is 8.51. The van der Waals surface area contributed by atoms with Crippen LogP contribution in [-0.2, 0) is 30.4 Å². The molecule has 1 aromatic carbocycles. The zero-order valence-corrected chi connectivity index (χ0v) is 15.6. The van der Waals surface area contributed by atoms with E-state index in [9.17, 15) is 9.59 Å². The number of hydrogen-bond acceptors (Lipinski definition) is 8. The molecule has 0 fully saturated rings. The van der Waals surface area contributed by atoms with Gasteiger partial charge in [0.15, 0.2) is 0 Å². The summed E-state index contributed by atoms with van der Waals surface area (Å²) in [6, 6.07) is 10.8. The highest BCUT2D eigenvalue weighted by Crippen LogP contribution is 2.28. The van der Waals surface area contributed by atoms with Gasteiger partial charge in [-0.15, -0.1) is 0 Å². The van der Waals surface area contributed by atoms with Crippen molar-refractivity contribution in [3.05, 3.63) is 65.6 Å². The Bertz CT molecular complexity index is 864. The number of hydrogen-bond donors (Lipinski definition) is 0. The van der Waals surface area contributed by atoms with Gasteiger partial charge in [-0.25, -0.2) is 9.59 Å². The molecule has 0 saturated carbocycles. The summed E-state index contributed by atoms with van der Waals surface area (Å²) >= 11 is 0. The Morgan fingerprint density at radius 1 is 1.04 bits per heavy atom. The Balaban J connectivity index is 1.81. The van der Waals surface area contributed by atoms with Crippen LogP contribution in [0.4, 0.5) is 5.69 Å². The van der Waals surface area contributed by atoms with Crippen molar-refractivity contribution in [2.75, 3.05) is 32.5 Å². The minimum absolute atomic E-state index is 0.0270. The number of methoxy groups -OCH3 is 2. The quantitative estimate of drug-likeness (QED) is 0.700. The summed E-state index contributed by atoms with van der Waals surface area (Å²) in [6.45, 7) is 0.484. The van der Waals surface area contributed by atoms with Gasteiger partial charge >= 0.3 is 11.9 Å². The molecule has 0 atom stereocenters. The molecule has 2 heterocycles. The second-order valence-electron chi connectivity index (χ2n) is 5.85. The van der Waals surface area contributed by atoms with Crippen molar-refractivity contribution in [1.29, 1.82) is 0 Å². The third-order valence-corrected chi connectivity index (χ3v) is 4.14. The standard InChI is InChI=1S/C20H20N2O6/c1-25-19(23)17-12-27-13-22(18(17)20(24)26-2)15-3-5-16(6-4-15)28-11-14-7-9-21-10-8-14/h3-10H,11-13H2,1-2H3. The number of ether oxygens (including phenoxy) is 4. The highest BCUT2D eigenvalue weighted by atomic mass is 16.5. The van der Waals surface area contributed by atoms with Crippen molar-refractivity contribution in [1.82, 2.24) is 4.98 Å². The van der Waals surface area contributed by atoms with E-state index in [-0.39, 0.29) is 24.6 Å². The summed E-state index contributed by atoms with van der Waals surface area (Å²) in [4.78, 5) is 29.9. The highest BCUT2D eigenvalue weighted by Gasteiger charge is 2.32. The smallest absolute Gasteiger partial charge is 0.355 e. The van der Waals surface area contributed by atoms with Gasteiger partial charge in [-0.2, -0.15) is 0 Å². The molecule has 1 aromatic heterocycles. The Kier molecular flexibility index (Phi) is 6.23. The minimum atomic E-state index is -0.637. The van der Waals surface area contributed by atoms with Gasteiger partial charge in [0.1, 0.15) is 24.8 Å². The van der Waals surface area contributed by atoms with Crippen molar-refractivity contribution in [3.63, 3.8) is 0 Å². The maximum atomic E-state index is 12.3. The molecule has 0 aliphatic carbocycles. The fraction of sp³-hybridized carbons (Fsp3) is 0.250. The van der Waals surface area contributed by atoms with E-state index in [0.29, 0.717) is 18.0 Å². The lowest BCUT2D eigenvalue weighted by molar-refractivity contribution is -0.140. The van der Waals surface area contributed by atoms with E-state index in [1.165, 1.54) is 14.2 Å². The summed E-state index contributed by atoms with van der Waals surface area (Å²) in [7, 11) is 2.51. The van der Waals surface area contributed by atoms with E-state index >= 15 is 0 Å². The monoisotopic (exact) mass is 384 g/mol. The van der Waals surface area contributed by atoms with Gasteiger partial charge in [-0.1, -0.05) is 0 Å². The second-order valence-corrected chi connectivity index (χ2v) is 5.85. The molecular weight excluding hydrogens is 364 g/mol. The second kappa shape index (κ2) is 9.01. The predicted octanol–water partition coefficient (Wildman–Crippen LogP) is 2.05. The van der Waals surface area contributed by atoms with Crippen LogP contribution in [0.1, 0.15) is 5.56 Å². The molecule has 1 aliphatic rings. The van der Waals surface area contributed by atoms with E-state index in [2.05, 4.69) is 4.98 Å². The summed E-state index contributed by atoms with van der Waals surface area (Å²) in [5, 5.41) is 0. The van der Waals surface area contributed by atoms with Crippen LogP contribution in [0.15, 0.2) is 60.1 Å². The van der Waals surface area contributed by atoms with Crippen LogP contribution in [0, 0.1) is 0 Å². The van der Waals surface area contributed by atoms with Crippen LogP contribution in [-0.4, -0.2) is 44.5 Å². The third-order valence-electron chi connectivity index (χ3n) is 4.14. The number of nitrogens with zero attached hydrogens (tertiary/aromatic N) is 2. The molecule has 1 aliphatic heterocycles. The van der Waals surface area contributed by atoms with Gasteiger partial charge in [-0.05, 0) is 42.0 Å². The predicted molar refractivity (Wildman–Crippen MR) is 99.4 cm³/mol. The Hall–Kier alpha value is -3.39. The first kappa shape index (κ1) is 19.4. The van der Waals surface area contributed by atoms with Gasteiger partial charge in [0.25, 0.3) is 0 Å². The van der Waals surface area contributed by atoms with Gasteiger partial charge in [0.05, 0.1) is 26.4 Å². The van der Waals surface area contributed by atoms with Gasteiger partial charge in [0, 0.05) is 18.1 Å². The number of pyridine rings is 1. The van der Waals surface area contributed by atoms with Crippen LogP contribution in [0.3, 0.4) is 0 Å². The number of carbonyl (C=O) groups excluding carboxylic acids is 2. The van der Waals surface area contributed by atoms with E-state index in [1.807, 2.05) is 12.1 Å². The largest absolute Gasteiger partial charge is 0.489 e. The maximum Gasteiger partial charge on any atom is 0.355 e. The number of rotatable bonds is 6. The molecule has 0 N–H and O–H groups in total. The van der Waals surface area contributed by atoms with Crippen LogP contribution >= 0.6 is 0 Å². The zero-order valence-electron chi connectivity index (χ0n) is 15.6. The molecule has 3 rings (SSSR count). The summed E-state index contributed by atoms with van der Waals surface area (Å²) in [5.41, 5.74) is 1.87. The van der Waals surface area contributed by atoms with E-state index in [4.69, 9.17) is 18.9 Å². The van der Waals surface area contributed by atoms with Gasteiger partial charge in [0.2, 0.25) is 0 Å². The SMILES string of the molecule is COC(=O)C1=C(C(=O)OC)N(c2ccc(OCc3ccncc3)cc2)COC1. The first-order chi connectivity index (χ1) is 13.6. The van der Waals surface area contributed by atoms with E-state index in [1.54, 1.807) is 41.6 Å². The van der Waals surface area contributed by atoms with Crippen LogP contribution < -0.4 is 9.64 Å². The zero-order chi connectivity index (χ0) is 19.9. The summed E-state index contributed by atoms with van der Waals surface area (Å²) in [5.74, 6) is -0.612. The highest BCUT2D eigenvalue weighted by molar-refractivity contribution is 6.03. The molecule has 0 amide bonds. The molecule has 0 unspecified atom stereocenters. The molecule has 146 valence electrons. The van der Waals surface area contributed by atoms with Crippen LogP contribution in [0.2, 0.25) is 0 Å². The number of esters is 2. The molecule has 0 bridgehead atoms. The fourth-order valence-electron chi connectivity index (χ4n) is 2.72. The molecule has 0 saturated heterocycles. The van der Waals surface area contributed by atoms with Crippen LogP contribution in [0.25, 0.3) is 0 Å². The lowest BCUT2D eigenvalue weighted by Crippen LogP contribution is -2.38. The number of carbonyl (C=O) groups is 2. The van der Waals surface area contributed by atoms with Crippen LogP contribution in [0.5, 0.6) is 5.75 Å². The van der Waals surface area contributed by atoms with E-state index in [0.717, 1.165) is 5.56 Å². The molecule has 2 aromatic rings. The Morgan fingerprint density at radius 2 is 1.71 bits per heavy atom. The van der Waals surface area contributed by atoms with E-state index < -0.39 is 11.9 Å². The number of aromatic nitrogens is 1. The average Bonchev–Trinajstić information content (AvgIpc) is 2.77. The topological polar surface area (TPSA) is 87.2 Å². The lowest BCUT2D eigenvalue weighted by Gasteiger charge is -2.31. The summed E-state index contributed by atoms with van der Waals surface area (Å²) < 4.78 is 20.8. The van der Waals surface area contributed by atoms with Gasteiger partial charge in [-0.3, -0.25) is 4.98 Å². The Labute approximate surface area is 162 Å². The molecule has 8 nitrogen and oxygen atoms in total. The molecule has 28 heavy (non-hydrogen) atoms. The van der Waals surface area contributed by atoms with Gasteiger partial charge < -0.3 is 23.8 Å². The van der Waals surface area contributed by atoms with Crippen molar-refractivity contribution in [2.24, 2.45) is 0 Å². The fourth-order valence-corrected chi connectivity index (χ4v) is 2.72. The number of benzene rings is 1. The molecule has 8 heteroatoms. The molecule has 0 radical (unpaired) electrons. The van der Waals surface area contributed by atoms with Crippen molar-refractivity contribution in [2.45, 2.75) is 6.61 Å². The van der Waals surface area contributed by atoms with Crippen molar-refractivity contribution in [3.8, 4) is 5.75 Å². The minimum Gasteiger partial charge on any atom is -0.489 e. The average molecular weight is 384 g/mol.